The number of quaternary nitrogens is 1. The molecule has 5 nitrogen and oxygen atoms in total. The summed E-state index contributed by atoms with van der Waals surface area (Å²) in [4.78, 5) is 30.8. The molecule has 2 aliphatic heterocycles. The van der Waals surface area contributed by atoms with Gasteiger partial charge in [0.25, 0.3) is 5.91 Å². The molecule has 3 aliphatic rings. The Labute approximate surface area is 198 Å². The van der Waals surface area contributed by atoms with Crippen molar-refractivity contribution >= 4 is 34.8 Å². The minimum atomic E-state index is -0.548. The Kier molecular flexibility index (Phi) is 4.78. The molecule has 2 amide bonds. The first-order valence-corrected chi connectivity index (χ1v) is 11.9. The smallest absolute Gasteiger partial charge is 0.254 e. The zero-order valence-electron chi connectivity index (χ0n) is 18.2. The Bertz CT molecular complexity index is 1250. The van der Waals surface area contributed by atoms with E-state index in [1.54, 1.807) is 0 Å². The minimum Gasteiger partial charge on any atom is -0.343 e. The van der Waals surface area contributed by atoms with Crippen molar-refractivity contribution in [2.24, 2.45) is 0 Å². The molecule has 0 bridgehead atoms. The molecule has 2 fully saturated rings. The van der Waals surface area contributed by atoms with Crippen molar-refractivity contribution in [1.82, 2.24) is 4.90 Å². The highest BCUT2D eigenvalue weighted by Gasteiger charge is 2.67. The maximum Gasteiger partial charge on any atom is 0.254 e. The van der Waals surface area contributed by atoms with Crippen LogP contribution in [0.15, 0.2) is 72.8 Å². The second kappa shape index (κ2) is 7.72. The Morgan fingerprint density at radius 1 is 0.970 bits per heavy atom. The summed E-state index contributed by atoms with van der Waals surface area (Å²) < 4.78 is 0. The second-order valence-corrected chi connectivity index (χ2v) is 9.58. The van der Waals surface area contributed by atoms with Gasteiger partial charge in [-0.25, -0.2) is 0 Å². The van der Waals surface area contributed by atoms with Crippen LogP contribution in [-0.4, -0.2) is 42.9 Å². The lowest BCUT2D eigenvalue weighted by molar-refractivity contribution is -0.661. The largest absolute Gasteiger partial charge is 0.343 e. The number of nitrogens with two attached hydrogens (primary N) is 1. The number of para-hydroxylation sites is 1. The van der Waals surface area contributed by atoms with Gasteiger partial charge in [-0.05, 0) is 53.9 Å². The van der Waals surface area contributed by atoms with Crippen molar-refractivity contribution in [2.45, 2.75) is 17.8 Å². The molecule has 166 valence electrons. The van der Waals surface area contributed by atoms with Crippen LogP contribution >= 0.6 is 11.6 Å². The number of carbonyl (C=O) groups excluding carboxylic acids is 2. The van der Waals surface area contributed by atoms with E-state index in [0.29, 0.717) is 10.6 Å². The molecule has 0 aromatic heterocycles. The fourth-order valence-corrected chi connectivity index (χ4v) is 5.66. The number of piperazine rings is 1. The molecule has 6 rings (SSSR count). The number of amides is 2. The van der Waals surface area contributed by atoms with Crippen LogP contribution < -0.4 is 10.2 Å². The lowest BCUT2D eigenvalue weighted by Crippen LogP contribution is -2.89. The van der Waals surface area contributed by atoms with Gasteiger partial charge in [-0.1, -0.05) is 48.0 Å². The summed E-state index contributed by atoms with van der Waals surface area (Å²) >= 11 is 6.09. The molecular formula is C27H25ClN3O2+. The number of hydrogen-bond acceptors (Lipinski definition) is 2. The van der Waals surface area contributed by atoms with E-state index in [1.807, 2.05) is 76.5 Å². The summed E-state index contributed by atoms with van der Waals surface area (Å²) in [5.74, 6) is 0.244. The van der Waals surface area contributed by atoms with Crippen LogP contribution in [0.5, 0.6) is 0 Å². The summed E-state index contributed by atoms with van der Waals surface area (Å²) in [6.45, 7) is 3.36. The van der Waals surface area contributed by atoms with E-state index in [4.69, 9.17) is 11.6 Å². The average Bonchev–Trinajstić information content (AvgIpc) is 3.56. The van der Waals surface area contributed by atoms with Gasteiger partial charge in [0, 0.05) is 22.2 Å². The summed E-state index contributed by atoms with van der Waals surface area (Å²) in [6, 6.07) is 23.4. The Hall–Kier alpha value is -3.15. The summed E-state index contributed by atoms with van der Waals surface area (Å²) in [5.41, 5.74) is 3.95. The van der Waals surface area contributed by atoms with Gasteiger partial charge < -0.3 is 10.2 Å². The molecule has 1 saturated carbocycles. The van der Waals surface area contributed by atoms with E-state index in [2.05, 4.69) is 11.4 Å². The molecule has 2 N–H and O–H groups in total. The second-order valence-electron chi connectivity index (χ2n) is 9.15. The zero-order chi connectivity index (χ0) is 22.6. The fourth-order valence-electron chi connectivity index (χ4n) is 5.53. The number of benzene rings is 3. The highest BCUT2D eigenvalue weighted by Crippen LogP contribution is 2.67. The van der Waals surface area contributed by atoms with Gasteiger partial charge in [0.05, 0.1) is 37.3 Å². The Morgan fingerprint density at radius 3 is 2.52 bits per heavy atom. The van der Waals surface area contributed by atoms with Crippen LogP contribution in [0.2, 0.25) is 5.02 Å². The number of nitrogens with zero attached hydrogens (tertiary/aromatic N) is 2. The van der Waals surface area contributed by atoms with Crippen molar-refractivity contribution < 1.29 is 14.9 Å². The van der Waals surface area contributed by atoms with Crippen LogP contribution in [0.25, 0.3) is 0 Å². The minimum absolute atomic E-state index is 0.0325. The van der Waals surface area contributed by atoms with Crippen LogP contribution in [-0.2, 0) is 10.2 Å². The van der Waals surface area contributed by atoms with Gasteiger partial charge in [-0.2, -0.15) is 0 Å². The SMILES string of the molecule is O=C(c1cccc(N2C(=O)[C@]3(C[C@H]3c3ccc(Cl)cc3)c3ccccc32)c1)N1CC[NH2+]CC1. The van der Waals surface area contributed by atoms with Gasteiger partial charge in [-0.3, -0.25) is 14.5 Å². The number of halogens is 1. The van der Waals surface area contributed by atoms with Crippen LogP contribution in [0.4, 0.5) is 11.4 Å². The van der Waals surface area contributed by atoms with Crippen molar-refractivity contribution in [1.29, 1.82) is 0 Å². The molecule has 3 aromatic rings. The number of rotatable bonds is 3. The third-order valence-corrected chi connectivity index (χ3v) is 7.54. The number of hydrogen-bond donors (Lipinski definition) is 1. The molecule has 1 saturated heterocycles. The first kappa shape index (κ1) is 20.5. The quantitative estimate of drug-likeness (QED) is 0.653. The maximum atomic E-state index is 14.0. The van der Waals surface area contributed by atoms with Crippen molar-refractivity contribution in [2.75, 3.05) is 31.1 Å². The molecule has 6 heteroatoms. The predicted octanol–water partition coefficient (Wildman–Crippen LogP) is 3.46. The zero-order valence-corrected chi connectivity index (χ0v) is 19.0. The highest BCUT2D eigenvalue weighted by atomic mass is 35.5. The molecule has 1 spiro atoms. The third kappa shape index (κ3) is 3.18. The van der Waals surface area contributed by atoms with E-state index in [9.17, 15) is 9.59 Å². The molecular weight excluding hydrogens is 434 g/mol. The number of fused-ring (bicyclic) bond motifs is 2. The highest BCUT2D eigenvalue weighted by molar-refractivity contribution is 6.30. The van der Waals surface area contributed by atoms with E-state index >= 15 is 0 Å². The van der Waals surface area contributed by atoms with Crippen molar-refractivity contribution in [3.63, 3.8) is 0 Å². The van der Waals surface area contributed by atoms with Gasteiger partial charge >= 0.3 is 0 Å². The molecule has 2 heterocycles. The first-order valence-electron chi connectivity index (χ1n) is 11.5. The number of anilines is 2. The van der Waals surface area contributed by atoms with Crippen LogP contribution in [0.3, 0.4) is 0 Å². The third-order valence-electron chi connectivity index (χ3n) is 7.29. The lowest BCUT2D eigenvalue weighted by Gasteiger charge is -2.26. The molecule has 2 atom stereocenters. The molecule has 3 aromatic carbocycles. The normalized spacial score (nSPS) is 23.7. The lowest BCUT2D eigenvalue weighted by atomic mass is 9.92. The van der Waals surface area contributed by atoms with E-state index in [0.717, 1.165) is 55.1 Å². The molecule has 1 aliphatic carbocycles. The summed E-state index contributed by atoms with van der Waals surface area (Å²) in [6.07, 6.45) is 0.782. The van der Waals surface area contributed by atoms with Gasteiger partial charge in [0.15, 0.2) is 0 Å². The average molecular weight is 459 g/mol. The Balaban J connectivity index is 1.37. The molecule has 0 radical (unpaired) electrons. The topological polar surface area (TPSA) is 57.2 Å². The van der Waals surface area contributed by atoms with Gasteiger partial charge in [0.2, 0.25) is 5.91 Å². The van der Waals surface area contributed by atoms with Crippen LogP contribution in [0.1, 0.15) is 33.8 Å². The molecule has 0 unspecified atom stereocenters. The summed E-state index contributed by atoms with van der Waals surface area (Å²) in [7, 11) is 0. The van der Waals surface area contributed by atoms with Crippen molar-refractivity contribution in [3.8, 4) is 0 Å². The van der Waals surface area contributed by atoms with Gasteiger partial charge in [0.1, 0.15) is 0 Å². The fraction of sp³-hybridized carbons (Fsp3) is 0.259. The van der Waals surface area contributed by atoms with E-state index < -0.39 is 5.41 Å². The standard InChI is InChI=1S/C27H24ClN3O2/c28-20-10-8-18(9-11-20)23-17-27(23)22-6-1-2-7-24(22)31(26(27)33)21-5-3-4-19(16-21)25(32)30-14-12-29-13-15-30/h1-11,16,23,29H,12-15,17H2/p+1/t23-,27+/m0/s1. The van der Waals surface area contributed by atoms with Crippen molar-refractivity contribution in [3.05, 3.63) is 94.5 Å². The first-order chi connectivity index (χ1) is 16.1. The molecule has 33 heavy (non-hydrogen) atoms. The van der Waals surface area contributed by atoms with Crippen LogP contribution in [0, 0.1) is 0 Å². The Morgan fingerprint density at radius 2 is 1.73 bits per heavy atom. The monoisotopic (exact) mass is 458 g/mol. The summed E-state index contributed by atoms with van der Waals surface area (Å²) in [5, 5.41) is 2.92. The maximum absolute atomic E-state index is 14.0. The number of carbonyl (C=O) groups is 2. The van der Waals surface area contributed by atoms with Gasteiger partial charge in [-0.15, -0.1) is 0 Å². The van der Waals surface area contributed by atoms with E-state index in [-0.39, 0.29) is 17.7 Å². The van der Waals surface area contributed by atoms with E-state index in [1.165, 1.54) is 0 Å². The predicted molar refractivity (Wildman–Crippen MR) is 128 cm³/mol.